The zero-order valence-electron chi connectivity index (χ0n) is 12.6. The third-order valence-corrected chi connectivity index (χ3v) is 4.94. The average molecular weight is 295 g/mol. The van der Waals surface area contributed by atoms with Crippen molar-refractivity contribution < 1.29 is 14.3 Å². The Morgan fingerprint density at radius 3 is 2.86 bits per heavy atom. The minimum Gasteiger partial charge on any atom is -0.380 e. The average Bonchev–Trinajstić information content (AvgIpc) is 2.62. The maximum absolute atomic E-state index is 12.3. The standard InChI is InChI=1S/C15H25N3O3/c19-14-9-18(5-4-16-14)15(20)10-17-6-7-21-11-13(8-17)12-2-1-3-12/h12-13H,1-11H2,(H,16,19). The van der Waals surface area contributed by atoms with Crippen LogP contribution in [0.15, 0.2) is 0 Å². The summed E-state index contributed by atoms with van der Waals surface area (Å²) in [6.07, 6.45) is 3.95. The van der Waals surface area contributed by atoms with Gasteiger partial charge in [0.15, 0.2) is 0 Å². The number of carbonyl (C=O) groups excluding carboxylic acids is 2. The maximum Gasteiger partial charge on any atom is 0.239 e. The Hall–Kier alpha value is -1.14. The molecule has 1 unspecified atom stereocenters. The van der Waals surface area contributed by atoms with Crippen molar-refractivity contribution in [2.45, 2.75) is 19.3 Å². The highest BCUT2D eigenvalue weighted by Gasteiger charge is 2.31. The van der Waals surface area contributed by atoms with Crippen molar-refractivity contribution >= 4 is 11.8 Å². The summed E-state index contributed by atoms with van der Waals surface area (Å²) in [7, 11) is 0. The summed E-state index contributed by atoms with van der Waals surface area (Å²) in [6.45, 7) is 5.12. The summed E-state index contributed by atoms with van der Waals surface area (Å²) < 4.78 is 5.71. The van der Waals surface area contributed by atoms with Gasteiger partial charge in [-0.25, -0.2) is 0 Å². The van der Waals surface area contributed by atoms with Crippen LogP contribution in [0, 0.1) is 11.8 Å². The molecule has 21 heavy (non-hydrogen) atoms. The SMILES string of the molecule is O=C1CN(C(=O)CN2CCOCC(C3CCC3)C2)CCN1. The van der Waals surface area contributed by atoms with Crippen LogP contribution in [-0.4, -0.2) is 74.1 Å². The number of nitrogens with one attached hydrogen (secondary N) is 1. The van der Waals surface area contributed by atoms with Crippen LogP contribution in [0.3, 0.4) is 0 Å². The van der Waals surface area contributed by atoms with Gasteiger partial charge in [-0.15, -0.1) is 0 Å². The maximum atomic E-state index is 12.3. The molecular formula is C15H25N3O3. The van der Waals surface area contributed by atoms with Gasteiger partial charge in [-0.05, 0) is 11.8 Å². The molecule has 0 bridgehead atoms. The van der Waals surface area contributed by atoms with Crippen LogP contribution >= 0.6 is 0 Å². The van der Waals surface area contributed by atoms with Crippen molar-refractivity contribution in [2.24, 2.45) is 11.8 Å². The van der Waals surface area contributed by atoms with Crippen molar-refractivity contribution in [1.82, 2.24) is 15.1 Å². The Bertz CT molecular complexity index is 398. The van der Waals surface area contributed by atoms with Crippen LogP contribution in [-0.2, 0) is 14.3 Å². The van der Waals surface area contributed by atoms with E-state index in [1.807, 2.05) is 0 Å². The molecule has 1 N–H and O–H groups in total. The number of ether oxygens (including phenoxy) is 1. The summed E-state index contributed by atoms with van der Waals surface area (Å²) in [5, 5.41) is 2.75. The molecule has 118 valence electrons. The molecule has 6 nitrogen and oxygen atoms in total. The first-order valence-corrected chi connectivity index (χ1v) is 8.07. The fourth-order valence-electron chi connectivity index (χ4n) is 3.39. The van der Waals surface area contributed by atoms with Crippen LogP contribution in [0.5, 0.6) is 0 Å². The molecular weight excluding hydrogens is 270 g/mol. The van der Waals surface area contributed by atoms with E-state index in [0.717, 1.165) is 25.6 Å². The molecule has 2 aliphatic heterocycles. The summed E-state index contributed by atoms with van der Waals surface area (Å²) in [5.74, 6) is 1.36. The highest BCUT2D eigenvalue weighted by molar-refractivity contribution is 5.86. The first-order chi connectivity index (χ1) is 10.2. The van der Waals surface area contributed by atoms with E-state index in [1.165, 1.54) is 19.3 Å². The fourth-order valence-corrected chi connectivity index (χ4v) is 3.39. The smallest absolute Gasteiger partial charge is 0.239 e. The minimum absolute atomic E-state index is 0.0545. The molecule has 0 spiro atoms. The van der Waals surface area contributed by atoms with Gasteiger partial charge in [0.05, 0.1) is 26.3 Å². The lowest BCUT2D eigenvalue weighted by Gasteiger charge is -2.35. The van der Waals surface area contributed by atoms with Gasteiger partial charge in [0.1, 0.15) is 0 Å². The Morgan fingerprint density at radius 1 is 1.29 bits per heavy atom. The van der Waals surface area contributed by atoms with Gasteiger partial charge >= 0.3 is 0 Å². The second kappa shape index (κ2) is 6.75. The van der Waals surface area contributed by atoms with Gasteiger partial charge in [0.2, 0.25) is 11.8 Å². The van der Waals surface area contributed by atoms with Crippen LogP contribution in [0.2, 0.25) is 0 Å². The molecule has 0 aromatic carbocycles. The van der Waals surface area contributed by atoms with E-state index < -0.39 is 0 Å². The van der Waals surface area contributed by atoms with Crippen LogP contribution in [0.25, 0.3) is 0 Å². The first-order valence-electron chi connectivity index (χ1n) is 8.07. The molecule has 1 saturated carbocycles. The van der Waals surface area contributed by atoms with E-state index in [-0.39, 0.29) is 18.4 Å². The normalized spacial score (nSPS) is 28.7. The van der Waals surface area contributed by atoms with Crippen molar-refractivity contribution in [3.05, 3.63) is 0 Å². The Balaban J connectivity index is 1.52. The number of amides is 2. The number of hydrogen-bond donors (Lipinski definition) is 1. The predicted octanol–water partition coefficient (Wildman–Crippen LogP) is -0.307. The monoisotopic (exact) mass is 295 g/mol. The highest BCUT2D eigenvalue weighted by Crippen LogP contribution is 2.34. The Labute approximate surface area is 125 Å². The van der Waals surface area contributed by atoms with Gasteiger partial charge < -0.3 is 15.0 Å². The van der Waals surface area contributed by atoms with E-state index in [1.54, 1.807) is 4.90 Å². The van der Waals surface area contributed by atoms with E-state index >= 15 is 0 Å². The van der Waals surface area contributed by atoms with Gasteiger partial charge in [0.25, 0.3) is 0 Å². The van der Waals surface area contributed by atoms with Crippen LogP contribution in [0.4, 0.5) is 0 Å². The number of hydrogen-bond acceptors (Lipinski definition) is 4. The quantitative estimate of drug-likeness (QED) is 0.776. The number of carbonyl (C=O) groups is 2. The fraction of sp³-hybridized carbons (Fsp3) is 0.867. The lowest BCUT2D eigenvalue weighted by Crippen LogP contribution is -2.52. The van der Waals surface area contributed by atoms with Crippen molar-refractivity contribution in [3.8, 4) is 0 Å². The molecule has 6 heteroatoms. The highest BCUT2D eigenvalue weighted by atomic mass is 16.5. The molecule has 2 saturated heterocycles. The Kier molecular flexibility index (Phi) is 4.75. The summed E-state index contributed by atoms with van der Waals surface area (Å²) in [5.41, 5.74) is 0. The number of rotatable bonds is 3. The Morgan fingerprint density at radius 2 is 2.14 bits per heavy atom. The van der Waals surface area contributed by atoms with Gasteiger partial charge in [-0.1, -0.05) is 19.3 Å². The van der Waals surface area contributed by atoms with Crippen LogP contribution < -0.4 is 5.32 Å². The third kappa shape index (κ3) is 3.74. The topological polar surface area (TPSA) is 61.9 Å². The van der Waals surface area contributed by atoms with Crippen LogP contribution in [0.1, 0.15) is 19.3 Å². The molecule has 0 radical (unpaired) electrons. The molecule has 1 aliphatic carbocycles. The second-order valence-electron chi connectivity index (χ2n) is 6.43. The van der Waals surface area contributed by atoms with Gasteiger partial charge in [0, 0.05) is 26.2 Å². The van der Waals surface area contributed by atoms with E-state index in [9.17, 15) is 9.59 Å². The summed E-state index contributed by atoms with van der Waals surface area (Å²) >= 11 is 0. The summed E-state index contributed by atoms with van der Waals surface area (Å²) in [6, 6.07) is 0. The number of nitrogens with zero attached hydrogens (tertiary/aromatic N) is 2. The van der Waals surface area contributed by atoms with E-state index in [4.69, 9.17) is 4.74 Å². The van der Waals surface area contributed by atoms with E-state index in [0.29, 0.717) is 32.2 Å². The van der Waals surface area contributed by atoms with Gasteiger partial charge in [-0.2, -0.15) is 0 Å². The molecule has 2 heterocycles. The van der Waals surface area contributed by atoms with Crippen molar-refractivity contribution in [1.29, 1.82) is 0 Å². The van der Waals surface area contributed by atoms with Gasteiger partial charge in [-0.3, -0.25) is 14.5 Å². The molecule has 3 fully saturated rings. The number of piperazine rings is 1. The van der Waals surface area contributed by atoms with E-state index in [2.05, 4.69) is 10.2 Å². The molecule has 2 amide bonds. The first kappa shape index (κ1) is 14.8. The molecule has 0 aromatic rings. The third-order valence-electron chi connectivity index (χ3n) is 4.94. The second-order valence-corrected chi connectivity index (χ2v) is 6.43. The molecule has 3 aliphatic rings. The molecule has 1 atom stereocenters. The van der Waals surface area contributed by atoms with Crippen molar-refractivity contribution in [3.63, 3.8) is 0 Å². The zero-order valence-corrected chi connectivity index (χ0v) is 12.6. The lowest BCUT2D eigenvalue weighted by atomic mass is 9.76. The summed E-state index contributed by atoms with van der Waals surface area (Å²) in [4.78, 5) is 27.6. The van der Waals surface area contributed by atoms with Crippen molar-refractivity contribution in [2.75, 3.05) is 52.5 Å². The predicted molar refractivity (Wildman–Crippen MR) is 77.7 cm³/mol. The largest absolute Gasteiger partial charge is 0.380 e. The minimum atomic E-state index is -0.0545. The zero-order chi connectivity index (χ0) is 14.7. The molecule has 3 rings (SSSR count). The lowest BCUT2D eigenvalue weighted by molar-refractivity contribution is -0.139. The molecule has 0 aromatic heterocycles.